The van der Waals surface area contributed by atoms with Gasteiger partial charge in [0.15, 0.2) is 23.3 Å². The van der Waals surface area contributed by atoms with E-state index in [4.69, 9.17) is 4.74 Å². The Bertz CT molecular complexity index is 1350. The molecule has 3 aromatic rings. The first-order valence-corrected chi connectivity index (χ1v) is 12.9. The fourth-order valence-electron chi connectivity index (χ4n) is 5.09. The molecule has 0 atom stereocenters. The van der Waals surface area contributed by atoms with Crippen LogP contribution in [-0.2, 0) is 17.6 Å². The van der Waals surface area contributed by atoms with Crippen LogP contribution in [0.1, 0.15) is 49.2 Å². The number of carboxylic acid groups (broad SMARTS) is 1. The largest absolute Gasteiger partial charge is 0.493 e. The molecular formula is C30H32F4N2O3. The SMILES string of the molecule is Cc1nc(C)c(-c2ccc(OCCc3c(F)c(F)cc(F)c3F)cc2)c(N2CCC(C)(C)CC2)c1CC(=O)O. The minimum atomic E-state index is -1.45. The number of rotatable bonds is 8. The van der Waals surface area contributed by atoms with Gasteiger partial charge >= 0.3 is 5.97 Å². The molecule has 4 rings (SSSR count). The Labute approximate surface area is 225 Å². The standard InChI is InChI=1S/C30H32F4N2O3/c1-17-22(15-25(37)38)29(36-12-10-30(3,4)11-13-36)26(18(2)35-17)19-5-7-20(8-6-19)39-14-9-21-27(33)23(31)16-24(32)28(21)34/h5-8,16H,9-15H2,1-4H3,(H,37,38). The average Bonchev–Trinajstić information content (AvgIpc) is 2.87. The van der Waals surface area contributed by atoms with Gasteiger partial charge in [-0.15, -0.1) is 0 Å². The van der Waals surface area contributed by atoms with Crippen molar-refractivity contribution in [3.05, 3.63) is 76.1 Å². The summed E-state index contributed by atoms with van der Waals surface area (Å²) in [4.78, 5) is 18.7. The van der Waals surface area contributed by atoms with Crippen LogP contribution in [0.15, 0.2) is 30.3 Å². The maximum atomic E-state index is 13.9. The number of anilines is 1. The number of nitrogens with zero attached hydrogens (tertiary/aromatic N) is 2. The third-order valence-corrected chi connectivity index (χ3v) is 7.38. The van der Waals surface area contributed by atoms with E-state index in [-0.39, 0.29) is 30.9 Å². The number of hydrogen-bond acceptors (Lipinski definition) is 4. The second kappa shape index (κ2) is 11.2. The Kier molecular flexibility index (Phi) is 8.18. The Morgan fingerprint density at radius 3 is 2.13 bits per heavy atom. The second-order valence-electron chi connectivity index (χ2n) is 10.8. The summed E-state index contributed by atoms with van der Waals surface area (Å²) < 4.78 is 60.4. The highest BCUT2D eigenvalue weighted by molar-refractivity contribution is 5.86. The molecular weight excluding hydrogens is 512 g/mol. The monoisotopic (exact) mass is 544 g/mol. The molecule has 1 aromatic heterocycles. The van der Waals surface area contributed by atoms with Crippen LogP contribution < -0.4 is 9.64 Å². The van der Waals surface area contributed by atoms with Gasteiger partial charge in [-0.3, -0.25) is 9.78 Å². The average molecular weight is 545 g/mol. The van der Waals surface area contributed by atoms with Crippen molar-refractivity contribution in [3.8, 4) is 16.9 Å². The van der Waals surface area contributed by atoms with Gasteiger partial charge in [-0.25, -0.2) is 17.6 Å². The number of benzene rings is 2. The van der Waals surface area contributed by atoms with Crippen molar-refractivity contribution in [2.24, 2.45) is 5.41 Å². The zero-order valence-corrected chi connectivity index (χ0v) is 22.5. The number of pyridine rings is 1. The first-order valence-electron chi connectivity index (χ1n) is 12.9. The zero-order valence-electron chi connectivity index (χ0n) is 22.5. The van der Waals surface area contributed by atoms with Crippen LogP contribution in [0.3, 0.4) is 0 Å². The maximum Gasteiger partial charge on any atom is 0.307 e. The summed E-state index contributed by atoms with van der Waals surface area (Å²) in [5, 5.41) is 9.64. The number of aryl methyl sites for hydroxylation is 2. The lowest BCUT2D eigenvalue weighted by molar-refractivity contribution is -0.136. The predicted octanol–water partition coefficient (Wildman–Crippen LogP) is 6.80. The summed E-state index contributed by atoms with van der Waals surface area (Å²) in [6.45, 7) is 9.60. The lowest BCUT2D eigenvalue weighted by atomic mass is 9.82. The molecule has 1 N–H and O–H groups in total. The molecule has 39 heavy (non-hydrogen) atoms. The third-order valence-electron chi connectivity index (χ3n) is 7.38. The minimum absolute atomic E-state index is 0.143. The molecule has 0 bridgehead atoms. The van der Waals surface area contributed by atoms with E-state index >= 15 is 0 Å². The number of ether oxygens (including phenoxy) is 1. The van der Waals surface area contributed by atoms with Crippen LogP contribution in [0.4, 0.5) is 23.2 Å². The summed E-state index contributed by atoms with van der Waals surface area (Å²) in [5.41, 5.74) is 4.21. The van der Waals surface area contributed by atoms with E-state index < -0.39 is 34.8 Å². The molecule has 5 nitrogen and oxygen atoms in total. The summed E-state index contributed by atoms with van der Waals surface area (Å²) >= 11 is 0. The molecule has 2 heterocycles. The number of aromatic nitrogens is 1. The van der Waals surface area contributed by atoms with Gasteiger partial charge in [0.05, 0.1) is 18.7 Å². The van der Waals surface area contributed by atoms with Crippen LogP contribution in [-0.4, -0.2) is 35.8 Å². The van der Waals surface area contributed by atoms with Crippen LogP contribution in [0.2, 0.25) is 0 Å². The number of hydrogen-bond donors (Lipinski definition) is 1. The summed E-state index contributed by atoms with van der Waals surface area (Å²) in [5.74, 6) is -6.29. The number of carboxylic acids is 1. The van der Waals surface area contributed by atoms with Crippen molar-refractivity contribution < 1.29 is 32.2 Å². The van der Waals surface area contributed by atoms with E-state index in [1.807, 2.05) is 26.0 Å². The fraction of sp³-hybridized carbons (Fsp3) is 0.400. The summed E-state index contributed by atoms with van der Waals surface area (Å²) in [7, 11) is 0. The predicted molar refractivity (Wildman–Crippen MR) is 141 cm³/mol. The van der Waals surface area contributed by atoms with Gasteiger partial charge < -0.3 is 14.7 Å². The van der Waals surface area contributed by atoms with Crippen LogP contribution in [0, 0.1) is 42.5 Å². The van der Waals surface area contributed by atoms with Crippen molar-refractivity contribution in [2.45, 2.75) is 53.4 Å². The van der Waals surface area contributed by atoms with Gasteiger partial charge in [-0.05, 0) is 49.8 Å². The van der Waals surface area contributed by atoms with Gasteiger partial charge in [0.1, 0.15) is 5.75 Å². The van der Waals surface area contributed by atoms with Crippen LogP contribution in [0.5, 0.6) is 5.75 Å². The molecule has 0 saturated carbocycles. The molecule has 2 aromatic carbocycles. The quantitative estimate of drug-likeness (QED) is 0.250. The van der Waals surface area contributed by atoms with Crippen LogP contribution in [0.25, 0.3) is 11.1 Å². The van der Waals surface area contributed by atoms with Crippen molar-refractivity contribution in [1.29, 1.82) is 0 Å². The molecule has 0 radical (unpaired) electrons. The lowest BCUT2D eigenvalue weighted by Crippen LogP contribution is -2.38. The summed E-state index contributed by atoms with van der Waals surface area (Å²) in [6.07, 6.45) is 1.45. The molecule has 0 spiro atoms. The zero-order chi connectivity index (χ0) is 28.5. The first-order chi connectivity index (χ1) is 18.4. The molecule has 208 valence electrons. The van der Waals surface area contributed by atoms with E-state index in [0.717, 1.165) is 48.4 Å². The number of halogens is 4. The third kappa shape index (κ3) is 6.18. The highest BCUT2D eigenvalue weighted by atomic mass is 19.2. The fourth-order valence-corrected chi connectivity index (χ4v) is 5.09. The van der Waals surface area contributed by atoms with Gasteiger partial charge in [-0.2, -0.15) is 0 Å². The Hall–Kier alpha value is -3.62. The van der Waals surface area contributed by atoms with E-state index in [0.29, 0.717) is 17.0 Å². The first kappa shape index (κ1) is 28.4. The van der Waals surface area contributed by atoms with E-state index in [9.17, 15) is 27.5 Å². The molecule has 1 saturated heterocycles. The molecule has 1 aliphatic rings. The van der Waals surface area contributed by atoms with E-state index in [2.05, 4.69) is 23.7 Å². The molecule has 9 heteroatoms. The molecule has 0 aliphatic carbocycles. The number of aliphatic carboxylic acids is 1. The highest BCUT2D eigenvalue weighted by Crippen LogP contribution is 2.41. The smallest absolute Gasteiger partial charge is 0.307 e. The Morgan fingerprint density at radius 1 is 0.974 bits per heavy atom. The van der Waals surface area contributed by atoms with Crippen molar-refractivity contribution in [3.63, 3.8) is 0 Å². The number of piperidine rings is 1. The Balaban J connectivity index is 1.61. The highest BCUT2D eigenvalue weighted by Gasteiger charge is 2.30. The second-order valence-corrected chi connectivity index (χ2v) is 10.8. The van der Waals surface area contributed by atoms with E-state index in [1.54, 1.807) is 12.1 Å². The number of carbonyl (C=O) groups is 1. The van der Waals surface area contributed by atoms with Gasteiger partial charge in [0.2, 0.25) is 0 Å². The van der Waals surface area contributed by atoms with Gasteiger partial charge in [0.25, 0.3) is 0 Å². The van der Waals surface area contributed by atoms with E-state index in [1.165, 1.54) is 0 Å². The van der Waals surface area contributed by atoms with Gasteiger partial charge in [-0.1, -0.05) is 26.0 Å². The maximum absolute atomic E-state index is 13.9. The summed E-state index contributed by atoms with van der Waals surface area (Å²) in [6, 6.07) is 7.19. The minimum Gasteiger partial charge on any atom is -0.493 e. The molecule has 0 amide bonds. The normalized spacial score (nSPS) is 14.9. The Morgan fingerprint density at radius 2 is 1.56 bits per heavy atom. The van der Waals surface area contributed by atoms with Gasteiger partial charge in [0, 0.05) is 53.7 Å². The van der Waals surface area contributed by atoms with Crippen molar-refractivity contribution >= 4 is 11.7 Å². The lowest BCUT2D eigenvalue weighted by Gasteiger charge is -2.40. The molecule has 1 aliphatic heterocycles. The molecule has 0 unspecified atom stereocenters. The van der Waals surface area contributed by atoms with Crippen LogP contribution >= 0.6 is 0 Å². The van der Waals surface area contributed by atoms with Crippen molar-refractivity contribution in [1.82, 2.24) is 4.98 Å². The molecule has 1 fully saturated rings. The topological polar surface area (TPSA) is 62.7 Å². The van der Waals surface area contributed by atoms with Crippen molar-refractivity contribution in [2.75, 3.05) is 24.6 Å².